The molecule has 0 aliphatic rings. The fourth-order valence-electron chi connectivity index (χ4n) is 2.23. The summed E-state index contributed by atoms with van der Waals surface area (Å²) in [6, 6.07) is 0. The van der Waals surface area contributed by atoms with Crippen LogP contribution in [-0.2, 0) is 18.3 Å². The second-order valence-corrected chi connectivity index (χ2v) is 5.44. The highest BCUT2D eigenvalue weighted by Crippen LogP contribution is 2.25. The molecule has 3 heterocycles. The molecular formula is C14H17ClN6O. The number of methoxy groups -OCH3 is 1. The van der Waals surface area contributed by atoms with Gasteiger partial charge >= 0.3 is 0 Å². The zero-order valence-electron chi connectivity index (χ0n) is 12.7. The molecule has 0 aliphatic carbocycles. The lowest BCUT2D eigenvalue weighted by atomic mass is 10.4. The van der Waals surface area contributed by atoms with E-state index < -0.39 is 0 Å². The molecule has 3 aromatic rings. The van der Waals surface area contributed by atoms with Crippen molar-refractivity contribution in [2.45, 2.75) is 13.5 Å². The molecule has 0 unspecified atom stereocenters. The molecule has 0 radical (unpaired) electrons. The number of hydrogen-bond acceptors (Lipinski definition) is 5. The molecule has 22 heavy (non-hydrogen) atoms. The minimum atomic E-state index is 0.514. The third-order valence-electron chi connectivity index (χ3n) is 3.38. The van der Waals surface area contributed by atoms with E-state index in [2.05, 4.69) is 20.4 Å². The summed E-state index contributed by atoms with van der Waals surface area (Å²) in [5.74, 6) is 0.514. The van der Waals surface area contributed by atoms with Crippen molar-refractivity contribution in [3.63, 3.8) is 0 Å². The molecule has 0 spiro atoms. The first-order chi connectivity index (χ1) is 10.6. The van der Waals surface area contributed by atoms with E-state index in [0.717, 1.165) is 22.4 Å². The van der Waals surface area contributed by atoms with Crippen molar-refractivity contribution < 1.29 is 4.74 Å². The van der Waals surface area contributed by atoms with Crippen LogP contribution in [0, 0.1) is 6.92 Å². The molecule has 3 rings (SSSR count). The Morgan fingerprint density at radius 1 is 1.36 bits per heavy atom. The van der Waals surface area contributed by atoms with E-state index in [0.29, 0.717) is 24.1 Å². The van der Waals surface area contributed by atoms with Crippen molar-refractivity contribution in [1.29, 1.82) is 0 Å². The van der Waals surface area contributed by atoms with E-state index >= 15 is 0 Å². The molecule has 0 aromatic carbocycles. The Morgan fingerprint density at radius 2 is 2.18 bits per heavy atom. The van der Waals surface area contributed by atoms with Gasteiger partial charge in [-0.15, -0.1) is 0 Å². The second kappa shape index (κ2) is 5.94. The Labute approximate surface area is 132 Å². The monoisotopic (exact) mass is 320 g/mol. The third-order valence-corrected chi connectivity index (χ3v) is 3.69. The highest BCUT2D eigenvalue weighted by Gasteiger charge is 2.10. The Hall–Kier alpha value is -2.12. The largest absolute Gasteiger partial charge is 0.383 e. The quantitative estimate of drug-likeness (QED) is 0.782. The maximum atomic E-state index is 6.12. The molecule has 0 aliphatic heterocycles. The minimum absolute atomic E-state index is 0.514. The van der Waals surface area contributed by atoms with Crippen molar-refractivity contribution >= 4 is 34.3 Å². The average Bonchev–Trinajstić information content (AvgIpc) is 2.98. The van der Waals surface area contributed by atoms with Crippen molar-refractivity contribution in [2.75, 3.05) is 19.0 Å². The van der Waals surface area contributed by atoms with Crippen molar-refractivity contribution in [3.8, 4) is 0 Å². The average molecular weight is 321 g/mol. The summed E-state index contributed by atoms with van der Waals surface area (Å²) in [7, 11) is 3.57. The highest BCUT2D eigenvalue weighted by atomic mass is 35.5. The van der Waals surface area contributed by atoms with Crippen LogP contribution in [0.3, 0.4) is 0 Å². The second-order valence-electron chi connectivity index (χ2n) is 5.03. The van der Waals surface area contributed by atoms with E-state index in [9.17, 15) is 0 Å². The van der Waals surface area contributed by atoms with Gasteiger partial charge in [0, 0.05) is 32.7 Å². The lowest BCUT2D eigenvalue weighted by Gasteiger charge is -2.03. The first-order valence-corrected chi connectivity index (χ1v) is 7.24. The van der Waals surface area contributed by atoms with Crippen LogP contribution in [0.15, 0.2) is 18.6 Å². The highest BCUT2D eigenvalue weighted by molar-refractivity contribution is 6.35. The van der Waals surface area contributed by atoms with Gasteiger partial charge < -0.3 is 14.6 Å². The van der Waals surface area contributed by atoms with Gasteiger partial charge in [0.05, 0.1) is 34.9 Å². The van der Waals surface area contributed by atoms with Gasteiger partial charge in [-0.25, -0.2) is 4.98 Å². The van der Waals surface area contributed by atoms with Gasteiger partial charge in [-0.2, -0.15) is 10.1 Å². The van der Waals surface area contributed by atoms with Crippen LogP contribution in [0.2, 0.25) is 5.02 Å². The molecule has 0 amide bonds. The molecule has 0 saturated heterocycles. The number of hydrogen-bond donors (Lipinski definition) is 1. The number of ether oxygens (including phenoxy) is 1. The summed E-state index contributed by atoms with van der Waals surface area (Å²) in [5, 5.41) is 9.10. The Kier molecular flexibility index (Phi) is 4.00. The van der Waals surface area contributed by atoms with Gasteiger partial charge in [0.15, 0.2) is 0 Å². The van der Waals surface area contributed by atoms with E-state index in [4.69, 9.17) is 16.3 Å². The van der Waals surface area contributed by atoms with Crippen LogP contribution in [0.4, 0.5) is 11.6 Å². The topological polar surface area (TPSA) is 69.8 Å². The standard InChI is InChI=1S/C14H17ClN6O/c1-9-12(8-21(19-9)4-5-22-3)17-14-16-6-10-11(15)7-20(2)13(10)18-14/h6-8H,4-5H2,1-3H3,(H,16,17,18). The lowest BCUT2D eigenvalue weighted by molar-refractivity contribution is 0.183. The van der Waals surface area contributed by atoms with Crippen molar-refractivity contribution in [3.05, 3.63) is 29.3 Å². The van der Waals surface area contributed by atoms with E-state index in [-0.39, 0.29) is 0 Å². The predicted octanol–water partition coefficient (Wildman–Crippen LogP) is 2.52. The lowest BCUT2D eigenvalue weighted by Crippen LogP contribution is -2.04. The summed E-state index contributed by atoms with van der Waals surface area (Å²) in [5.41, 5.74) is 2.53. The number of nitrogens with zero attached hydrogens (tertiary/aromatic N) is 5. The van der Waals surface area contributed by atoms with Gasteiger partial charge in [0.1, 0.15) is 5.65 Å². The molecule has 8 heteroatoms. The first kappa shape index (κ1) is 14.8. The van der Waals surface area contributed by atoms with Crippen LogP contribution >= 0.6 is 11.6 Å². The molecular weight excluding hydrogens is 304 g/mol. The maximum absolute atomic E-state index is 6.12. The van der Waals surface area contributed by atoms with Crippen molar-refractivity contribution in [2.24, 2.45) is 7.05 Å². The Bertz CT molecular complexity index is 809. The van der Waals surface area contributed by atoms with Crippen LogP contribution in [0.5, 0.6) is 0 Å². The molecule has 7 nitrogen and oxygen atoms in total. The normalized spacial score (nSPS) is 11.3. The predicted molar refractivity (Wildman–Crippen MR) is 85.6 cm³/mol. The summed E-state index contributed by atoms with van der Waals surface area (Å²) in [6.45, 7) is 3.25. The van der Waals surface area contributed by atoms with Crippen LogP contribution in [-0.4, -0.2) is 38.0 Å². The molecule has 0 fully saturated rings. The number of nitrogens with one attached hydrogen (secondary N) is 1. The number of fused-ring (bicyclic) bond motifs is 1. The van der Waals surface area contributed by atoms with E-state index in [1.54, 1.807) is 13.3 Å². The van der Waals surface area contributed by atoms with Crippen LogP contribution in [0.1, 0.15) is 5.69 Å². The Balaban J connectivity index is 1.86. The Morgan fingerprint density at radius 3 is 2.95 bits per heavy atom. The van der Waals surface area contributed by atoms with E-state index in [1.807, 2.05) is 35.6 Å². The zero-order chi connectivity index (χ0) is 15.7. The molecule has 0 atom stereocenters. The fraction of sp³-hybridized carbons (Fsp3) is 0.357. The van der Waals surface area contributed by atoms with Crippen LogP contribution in [0.25, 0.3) is 11.0 Å². The zero-order valence-corrected chi connectivity index (χ0v) is 13.4. The molecule has 0 saturated carbocycles. The number of aromatic nitrogens is 5. The smallest absolute Gasteiger partial charge is 0.229 e. The summed E-state index contributed by atoms with van der Waals surface area (Å²) < 4.78 is 8.76. The molecule has 0 bridgehead atoms. The maximum Gasteiger partial charge on any atom is 0.229 e. The van der Waals surface area contributed by atoms with E-state index in [1.165, 1.54) is 0 Å². The number of halogens is 1. The van der Waals surface area contributed by atoms with Gasteiger partial charge in [0.2, 0.25) is 5.95 Å². The summed E-state index contributed by atoms with van der Waals surface area (Å²) >= 11 is 6.12. The van der Waals surface area contributed by atoms with Gasteiger partial charge in [-0.05, 0) is 6.92 Å². The number of anilines is 2. The minimum Gasteiger partial charge on any atom is -0.383 e. The van der Waals surface area contributed by atoms with Crippen molar-refractivity contribution in [1.82, 2.24) is 24.3 Å². The number of rotatable bonds is 5. The first-order valence-electron chi connectivity index (χ1n) is 6.86. The van der Waals surface area contributed by atoms with Gasteiger partial charge in [0.25, 0.3) is 0 Å². The van der Waals surface area contributed by atoms with Gasteiger partial charge in [-0.3, -0.25) is 4.68 Å². The number of aryl methyl sites for hydroxylation is 2. The van der Waals surface area contributed by atoms with Gasteiger partial charge in [-0.1, -0.05) is 11.6 Å². The van der Waals surface area contributed by atoms with Crippen LogP contribution < -0.4 is 5.32 Å². The summed E-state index contributed by atoms with van der Waals surface area (Å²) in [4.78, 5) is 8.81. The SMILES string of the molecule is COCCn1cc(Nc2ncc3c(Cl)cn(C)c3n2)c(C)n1. The molecule has 3 aromatic heterocycles. The third kappa shape index (κ3) is 2.77. The summed E-state index contributed by atoms with van der Waals surface area (Å²) in [6.07, 6.45) is 5.45. The molecule has 1 N–H and O–H groups in total. The molecule has 116 valence electrons. The fourth-order valence-corrected chi connectivity index (χ4v) is 2.51.